The van der Waals surface area contributed by atoms with Crippen molar-refractivity contribution in [2.45, 2.75) is 0 Å². The second-order valence-electron chi connectivity index (χ2n) is 7.36. The van der Waals surface area contributed by atoms with E-state index >= 15 is 0 Å². The summed E-state index contributed by atoms with van der Waals surface area (Å²) in [6.07, 6.45) is 1.51. The number of Topliss-reactive ketones (excluding diaryl/α,β-unsaturated/α-hetero) is 1. The number of ketones is 1. The maximum absolute atomic E-state index is 14.6. The minimum atomic E-state index is -0.722. The molecular formula is C22H18ClFN4O4S. The smallest absolute Gasteiger partial charge is 0.322 e. The number of hydrogen-bond acceptors (Lipinski definition) is 5. The van der Waals surface area contributed by atoms with Crippen LogP contribution in [0.15, 0.2) is 59.5 Å². The number of pyridine rings is 1. The van der Waals surface area contributed by atoms with Gasteiger partial charge in [-0.25, -0.2) is 9.18 Å². The number of aromatic nitrogens is 1. The molecule has 1 saturated heterocycles. The van der Waals surface area contributed by atoms with E-state index in [-0.39, 0.29) is 42.6 Å². The Morgan fingerprint density at radius 2 is 1.97 bits per heavy atom. The van der Waals surface area contributed by atoms with E-state index in [1.807, 2.05) is 0 Å². The van der Waals surface area contributed by atoms with Crippen molar-refractivity contribution in [3.8, 4) is 5.69 Å². The van der Waals surface area contributed by atoms with Gasteiger partial charge in [0.2, 0.25) is 0 Å². The molecule has 3 aromatic rings. The predicted molar refractivity (Wildman–Crippen MR) is 123 cm³/mol. The zero-order chi connectivity index (χ0) is 23.5. The Bertz CT molecular complexity index is 1290. The number of carbonyl (C=O) groups is 3. The minimum absolute atomic E-state index is 0.0752. The number of carbonyl (C=O) groups excluding carboxylic acids is 3. The van der Waals surface area contributed by atoms with Crippen LogP contribution in [0.3, 0.4) is 0 Å². The Balaban J connectivity index is 1.36. The Morgan fingerprint density at radius 1 is 1.15 bits per heavy atom. The number of urea groups is 1. The molecule has 11 heteroatoms. The summed E-state index contributed by atoms with van der Waals surface area (Å²) in [5.74, 6) is -1.83. The quantitative estimate of drug-likeness (QED) is 0.576. The molecule has 170 valence electrons. The van der Waals surface area contributed by atoms with Crippen molar-refractivity contribution in [2.24, 2.45) is 5.92 Å². The first-order valence-corrected chi connectivity index (χ1v) is 11.1. The summed E-state index contributed by atoms with van der Waals surface area (Å²) >= 11 is 6.95. The van der Waals surface area contributed by atoms with E-state index in [0.29, 0.717) is 14.9 Å². The number of nitrogens with one attached hydrogen (secondary N) is 2. The van der Waals surface area contributed by atoms with Crippen molar-refractivity contribution in [3.05, 3.63) is 80.1 Å². The SMILES string of the molecule is O=C(NCC1CN(C(=O)Nc2ccc(-n3ccccc3=O)cc2F)CC1=O)c1ccc(Cl)s1. The van der Waals surface area contributed by atoms with Gasteiger partial charge in [-0.1, -0.05) is 17.7 Å². The summed E-state index contributed by atoms with van der Waals surface area (Å²) in [6, 6.07) is 11.1. The van der Waals surface area contributed by atoms with Crippen LogP contribution in [0.1, 0.15) is 9.67 Å². The highest BCUT2D eigenvalue weighted by molar-refractivity contribution is 7.18. The molecule has 0 spiro atoms. The summed E-state index contributed by atoms with van der Waals surface area (Å²) in [6.45, 7) is 0.0252. The molecule has 0 aliphatic carbocycles. The molecule has 2 aromatic heterocycles. The number of anilines is 1. The van der Waals surface area contributed by atoms with Gasteiger partial charge in [0.05, 0.1) is 33.1 Å². The molecule has 2 N–H and O–H groups in total. The van der Waals surface area contributed by atoms with Crippen LogP contribution in [0.4, 0.5) is 14.9 Å². The van der Waals surface area contributed by atoms with Crippen molar-refractivity contribution >= 4 is 46.3 Å². The average Bonchev–Trinajstić information content (AvgIpc) is 3.39. The zero-order valence-corrected chi connectivity index (χ0v) is 18.7. The van der Waals surface area contributed by atoms with Gasteiger partial charge < -0.3 is 15.5 Å². The number of rotatable bonds is 5. The van der Waals surface area contributed by atoms with Crippen LogP contribution >= 0.6 is 22.9 Å². The molecule has 4 rings (SSSR count). The van der Waals surface area contributed by atoms with Crippen molar-refractivity contribution < 1.29 is 18.8 Å². The van der Waals surface area contributed by atoms with E-state index in [2.05, 4.69) is 10.6 Å². The van der Waals surface area contributed by atoms with E-state index in [1.165, 1.54) is 33.9 Å². The van der Waals surface area contributed by atoms with Gasteiger partial charge in [0.25, 0.3) is 11.5 Å². The van der Waals surface area contributed by atoms with E-state index in [1.54, 1.807) is 24.3 Å². The largest absolute Gasteiger partial charge is 0.351 e. The summed E-state index contributed by atoms with van der Waals surface area (Å²) in [5, 5.41) is 5.13. The number of benzene rings is 1. The third-order valence-corrected chi connectivity index (χ3v) is 6.36. The Hall–Kier alpha value is -3.50. The molecular weight excluding hydrogens is 471 g/mol. The fraction of sp³-hybridized carbons (Fsp3) is 0.182. The maximum atomic E-state index is 14.6. The van der Waals surface area contributed by atoms with Gasteiger partial charge in [-0.3, -0.25) is 19.0 Å². The summed E-state index contributed by atoms with van der Waals surface area (Å²) in [5.41, 5.74) is -0.0774. The maximum Gasteiger partial charge on any atom is 0.322 e. The van der Waals surface area contributed by atoms with Crippen LogP contribution in [-0.4, -0.2) is 46.8 Å². The Labute approximate surface area is 196 Å². The molecule has 1 aliphatic rings. The molecule has 1 aliphatic heterocycles. The molecule has 8 nitrogen and oxygen atoms in total. The number of halogens is 2. The Morgan fingerprint density at radius 3 is 2.67 bits per heavy atom. The van der Waals surface area contributed by atoms with Gasteiger partial charge in [0.15, 0.2) is 5.78 Å². The first-order valence-electron chi connectivity index (χ1n) is 9.91. The van der Waals surface area contributed by atoms with Crippen molar-refractivity contribution in [1.82, 2.24) is 14.8 Å². The van der Waals surface area contributed by atoms with Gasteiger partial charge in [0, 0.05) is 31.4 Å². The van der Waals surface area contributed by atoms with E-state index in [0.717, 1.165) is 17.4 Å². The predicted octanol–water partition coefficient (Wildman–Crippen LogP) is 3.15. The minimum Gasteiger partial charge on any atom is -0.351 e. The average molecular weight is 489 g/mol. The number of nitrogens with zero attached hydrogens (tertiary/aromatic N) is 2. The first kappa shape index (κ1) is 22.7. The molecule has 3 heterocycles. The third-order valence-electron chi connectivity index (χ3n) is 5.13. The lowest BCUT2D eigenvalue weighted by Gasteiger charge is -2.17. The molecule has 1 unspecified atom stereocenters. The summed E-state index contributed by atoms with van der Waals surface area (Å²) in [7, 11) is 0. The first-order chi connectivity index (χ1) is 15.8. The van der Waals surface area contributed by atoms with Gasteiger partial charge >= 0.3 is 6.03 Å². The molecule has 33 heavy (non-hydrogen) atoms. The van der Waals surface area contributed by atoms with E-state index in [9.17, 15) is 23.6 Å². The van der Waals surface area contributed by atoms with Crippen LogP contribution < -0.4 is 16.2 Å². The fourth-order valence-electron chi connectivity index (χ4n) is 3.41. The zero-order valence-electron chi connectivity index (χ0n) is 17.1. The van der Waals surface area contributed by atoms with Crippen molar-refractivity contribution in [2.75, 3.05) is 25.0 Å². The lowest BCUT2D eigenvalue weighted by Crippen LogP contribution is -2.35. The molecule has 3 amide bonds. The standard InChI is InChI=1S/C22H18ClFN4O4S/c23-19-7-6-18(33-19)21(31)25-10-13-11-27(12-17(13)29)22(32)26-16-5-4-14(9-15(16)24)28-8-2-1-3-20(28)30/h1-9,13H,10-12H2,(H,25,31)(H,26,32). The molecule has 1 aromatic carbocycles. The van der Waals surface area contributed by atoms with Gasteiger partial charge in [-0.2, -0.15) is 0 Å². The monoisotopic (exact) mass is 488 g/mol. The van der Waals surface area contributed by atoms with Gasteiger partial charge in [0.1, 0.15) is 5.82 Å². The van der Waals surface area contributed by atoms with Crippen LogP contribution in [-0.2, 0) is 4.79 Å². The van der Waals surface area contributed by atoms with Crippen molar-refractivity contribution in [3.63, 3.8) is 0 Å². The molecule has 1 fully saturated rings. The second-order valence-corrected chi connectivity index (χ2v) is 9.08. The normalized spacial score (nSPS) is 15.5. The Kier molecular flexibility index (Phi) is 6.57. The number of hydrogen-bond donors (Lipinski definition) is 2. The topological polar surface area (TPSA) is 101 Å². The van der Waals surface area contributed by atoms with Crippen LogP contribution in [0.5, 0.6) is 0 Å². The summed E-state index contributed by atoms with van der Waals surface area (Å²) in [4.78, 5) is 50.6. The number of thiophene rings is 1. The van der Waals surface area contributed by atoms with Crippen molar-refractivity contribution in [1.29, 1.82) is 0 Å². The molecule has 1 atom stereocenters. The van der Waals surface area contributed by atoms with E-state index in [4.69, 9.17) is 11.6 Å². The van der Waals surface area contributed by atoms with Gasteiger partial charge in [-0.05, 0) is 30.3 Å². The fourth-order valence-corrected chi connectivity index (χ4v) is 4.37. The molecule has 0 bridgehead atoms. The van der Waals surface area contributed by atoms with Gasteiger partial charge in [-0.15, -0.1) is 11.3 Å². The van der Waals surface area contributed by atoms with E-state index < -0.39 is 17.8 Å². The molecule has 0 saturated carbocycles. The van der Waals surface area contributed by atoms with Crippen LogP contribution in [0, 0.1) is 11.7 Å². The summed E-state index contributed by atoms with van der Waals surface area (Å²) < 4.78 is 16.3. The highest BCUT2D eigenvalue weighted by Crippen LogP contribution is 2.22. The number of amides is 3. The lowest BCUT2D eigenvalue weighted by molar-refractivity contribution is -0.119. The second kappa shape index (κ2) is 9.55. The highest BCUT2D eigenvalue weighted by atomic mass is 35.5. The lowest BCUT2D eigenvalue weighted by atomic mass is 10.1. The third kappa shape index (κ3) is 5.12. The number of likely N-dealkylation sites (tertiary alicyclic amines) is 1. The molecule has 0 radical (unpaired) electrons. The van der Waals surface area contributed by atoms with Crippen LogP contribution in [0.2, 0.25) is 4.34 Å². The van der Waals surface area contributed by atoms with Crippen LogP contribution in [0.25, 0.3) is 5.69 Å². The highest BCUT2D eigenvalue weighted by Gasteiger charge is 2.34.